The van der Waals surface area contributed by atoms with Gasteiger partial charge in [0.05, 0.1) is 20.3 Å². The average Bonchev–Trinajstić information content (AvgIpc) is 2.56. The van der Waals surface area contributed by atoms with Crippen molar-refractivity contribution in [1.82, 2.24) is 5.32 Å². The van der Waals surface area contributed by atoms with Crippen LogP contribution in [0.15, 0.2) is 24.3 Å². The van der Waals surface area contributed by atoms with Crippen molar-refractivity contribution in [2.45, 2.75) is 46.1 Å². The molecule has 1 aromatic carbocycles. The summed E-state index contributed by atoms with van der Waals surface area (Å²) in [6.45, 7) is 9.85. The summed E-state index contributed by atoms with van der Waals surface area (Å²) < 4.78 is 16.7. The predicted octanol–water partition coefficient (Wildman–Crippen LogP) is 3.90. The van der Waals surface area contributed by atoms with E-state index in [1.165, 1.54) is 19.3 Å². The number of para-hydroxylation sites is 2. The van der Waals surface area contributed by atoms with Crippen molar-refractivity contribution in [2.24, 2.45) is 11.3 Å². The van der Waals surface area contributed by atoms with Gasteiger partial charge in [0, 0.05) is 12.6 Å². The fourth-order valence-electron chi connectivity index (χ4n) is 3.79. The van der Waals surface area contributed by atoms with Crippen molar-refractivity contribution in [1.29, 1.82) is 0 Å². The van der Waals surface area contributed by atoms with Crippen molar-refractivity contribution >= 4 is 0 Å². The number of benzene rings is 1. The SMILES string of the molecule is COc1ccccc1OCCOCCNC1C(C)CCCC1(C)C. The molecule has 2 rings (SSSR count). The van der Waals surface area contributed by atoms with Crippen molar-refractivity contribution in [2.75, 3.05) is 33.5 Å². The van der Waals surface area contributed by atoms with Crippen LogP contribution in [0.4, 0.5) is 0 Å². The quantitative estimate of drug-likeness (QED) is 0.695. The molecule has 1 aromatic rings. The molecule has 0 amide bonds. The number of hydrogen-bond acceptors (Lipinski definition) is 4. The van der Waals surface area contributed by atoms with Crippen LogP contribution < -0.4 is 14.8 Å². The fraction of sp³-hybridized carbons (Fsp3) is 0.700. The zero-order chi connectivity index (χ0) is 17.4. The van der Waals surface area contributed by atoms with Gasteiger partial charge in [-0.25, -0.2) is 0 Å². The third kappa shape index (κ3) is 5.38. The Morgan fingerprint density at radius 3 is 2.58 bits per heavy atom. The van der Waals surface area contributed by atoms with E-state index in [1.807, 2.05) is 24.3 Å². The minimum Gasteiger partial charge on any atom is -0.493 e. The molecule has 1 saturated carbocycles. The molecule has 0 aromatic heterocycles. The van der Waals surface area contributed by atoms with Gasteiger partial charge in [0.15, 0.2) is 11.5 Å². The van der Waals surface area contributed by atoms with Crippen LogP contribution in [0.3, 0.4) is 0 Å². The highest BCUT2D eigenvalue weighted by molar-refractivity contribution is 5.39. The van der Waals surface area contributed by atoms with Gasteiger partial charge in [-0.15, -0.1) is 0 Å². The van der Waals surface area contributed by atoms with Crippen molar-refractivity contribution < 1.29 is 14.2 Å². The highest BCUT2D eigenvalue weighted by Crippen LogP contribution is 2.38. The Balaban J connectivity index is 1.60. The van der Waals surface area contributed by atoms with E-state index in [0.717, 1.165) is 24.0 Å². The summed E-state index contributed by atoms with van der Waals surface area (Å²) >= 11 is 0. The van der Waals surface area contributed by atoms with Crippen LogP contribution in [0.1, 0.15) is 40.0 Å². The van der Waals surface area contributed by atoms with E-state index < -0.39 is 0 Å². The normalized spacial score (nSPS) is 23.0. The molecule has 0 radical (unpaired) electrons. The molecule has 136 valence electrons. The molecule has 0 spiro atoms. The summed E-state index contributed by atoms with van der Waals surface area (Å²) in [6.07, 6.45) is 3.99. The molecule has 2 atom stereocenters. The van der Waals surface area contributed by atoms with Gasteiger partial charge in [-0.2, -0.15) is 0 Å². The van der Waals surface area contributed by atoms with Gasteiger partial charge >= 0.3 is 0 Å². The Morgan fingerprint density at radius 1 is 1.12 bits per heavy atom. The summed E-state index contributed by atoms with van der Waals surface area (Å²) in [5.74, 6) is 2.26. The Hall–Kier alpha value is -1.26. The van der Waals surface area contributed by atoms with Crippen molar-refractivity contribution in [3.8, 4) is 11.5 Å². The maximum atomic E-state index is 5.70. The first kappa shape index (κ1) is 19.1. The van der Waals surface area contributed by atoms with Crippen LogP contribution >= 0.6 is 0 Å². The van der Waals surface area contributed by atoms with E-state index in [1.54, 1.807) is 7.11 Å². The van der Waals surface area contributed by atoms with Gasteiger partial charge in [0.1, 0.15) is 6.61 Å². The number of methoxy groups -OCH3 is 1. The first-order valence-electron chi connectivity index (χ1n) is 9.11. The maximum absolute atomic E-state index is 5.70. The molecule has 0 heterocycles. The third-order valence-electron chi connectivity index (χ3n) is 5.06. The Morgan fingerprint density at radius 2 is 1.88 bits per heavy atom. The van der Waals surface area contributed by atoms with Gasteiger partial charge < -0.3 is 19.5 Å². The lowest BCUT2D eigenvalue weighted by Crippen LogP contribution is -2.49. The molecule has 0 saturated heterocycles. The van der Waals surface area contributed by atoms with E-state index in [4.69, 9.17) is 14.2 Å². The molecule has 1 fully saturated rings. The van der Waals surface area contributed by atoms with Gasteiger partial charge in [-0.1, -0.05) is 39.3 Å². The molecule has 1 N–H and O–H groups in total. The smallest absolute Gasteiger partial charge is 0.161 e. The van der Waals surface area contributed by atoms with Gasteiger partial charge in [-0.3, -0.25) is 0 Å². The van der Waals surface area contributed by atoms with E-state index in [-0.39, 0.29) is 0 Å². The Kier molecular flexibility index (Phi) is 7.38. The Bertz CT molecular complexity index is 490. The molecule has 2 unspecified atom stereocenters. The van der Waals surface area contributed by atoms with E-state index >= 15 is 0 Å². The van der Waals surface area contributed by atoms with Gasteiger partial charge in [-0.05, 0) is 36.3 Å². The van der Waals surface area contributed by atoms with E-state index in [0.29, 0.717) is 31.3 Å². The molecule has 0 bridgehead atoms. The second-order valence-corrected chi connectivity index (χ2v) is 7.40. The molecule has 24 heavy (non-hydrogen) atoms. The summed E-state index contributed by atoms with van der Waals surface area (Å²) in [7, 11) is 1.65. The lowest BCUT2D eigenvalue weighted by Gasteiger charge is -2.43. The molecule has 0 aliphatic heterocycles. The lowest BCUT2D eigenvalue weighted by atomic mass is 9.68. The van der Waals surface area contributed by atoms with E-state index in [9.17, 15) is 0 Å². The first-order valence-corrected chi connectivity index (χ1v) is 9.11. The van der Waals surface area contributed by atoms with Crippen LogP contribution in [-0.4, -0.2) is 39.5 Å². The van der Waals surface area contributed by atoms with Crippen LogP contribution in [0, 0.1) is 11.3 Å². The molecular formula is C20H33NO3. The number of rotatable bonds is 9. The minimum absolute atomic E-state index is 0.380. The number of hydrogen-bond donors (Lipinski definition) is 1. The van der Waals surface area contributed by atoms with Crippen molar-refractivity contribution in [3.63, 3.8) is 0 Å². The maximum Gasteiger partial charge on any atom is 0.161 e. The van der Waals surface area contributed by atoms with E-state index in [2.05, 4.69) is 26.1 Å². The van der Waals surface area contributed by atoms with Gasteiger partial charge in [0.25, 0.3) is 0 Å². The first-order chi connectivity index (χ1) is 11.5. The summed E-state index contributed by atoms with van der Waals surface area (Å²) in [4.78, 5) is 0. The highest BCUT2D eigenvalue weighted by atomic mass is 16.5. The molecular weight excluding hydrogens is 302 g/mol. The summed E-state index contributed by atoms with van der Waals surface area (Å²) in [5, 5.41) is 3.70. The summed E-state index contributed by atoms with van der Waals surface area (Å²) in [5.41, 5.74) is 0.380. The topological polar surface area (TPSA) is 39.7 Å². The Labute approximate surface area is 146 Å². The third-order valence-corrected chi connectivity index (χ3v) is 5.06. The summed E-state index contributed by atoms with van der Waals surface area (Å²) in [6, 6.07) is 8.26. The second kappa shape index (κ2) is 9.28. The lowest BCUT2D eigenvalue weighted by molar-refractivity contribution is 0.0792. The van der Waals surface area contributed by atoms with Crippen LogP contribution in [0.2, 0.25) is 0 Å². The number of ether oxygens (including phenoxy) is 3. The largest absolute Gasteiger partial charge is 0.493 e. The zero-order valence-electron chi connectivity index (χ0n) is 15.6. The number of nitrogens with one attached hydrogen (secondary N) is 1. The molecule has 1 aliphatic rings. The predicted molar refractivity (Wildman–Crippen MR) is 97.9 cm³/mol. The van der Waals surface area contributed by atoms with Crippen LogP contribution in [-0.2, 0) is 4.74 Å². The monoisotopic (exact) mass is 335 g/mol. The van der Waals surface area contributed by atoms with Crippen molar-refractivity contribution in [3.05, 3.63) is 24.3 Å². The highest BCUT2D eigenvalue weighted by Gasteiger charge is 2.36. The fourth-order valence-corrected chi connectivity index (χ4v) is 3.79. The minimum atomic E-state index is 0.380. The zero-order valence-corrected chi connectivity index (χ0v) is 15.6. The average molecular weight is 335 g/mol. The van der Waals surface area contributed by atoms with Crippen LogP contribution in [0.5, 0.6) is 11.5 Å². The van der Waals surface area contributed by atoms with Gasteiger partial charge in [0.2, 0.25) is 0 Å². The standard InChI is InChI=1S/C20H33NO3/c1-16-8-7-11-20(2,3)19(16)21-12-13-23-14-15-24-18-10-6-5-9-17(18)22-4/h5-6,9-10,16,19,21H,7-8,11-15H2,1-4H3. The molecule has 4 nitrogen and oxygen atoms in total. The molecule has 4 heteroatoms. The van der Waals surface area contributed by atoms with Crippen LogP contribution in [0.25, 0.3) is 0 Å². The molecule has 1 aliphatic carbocycles. The second-order valence-electron chi connectivity index (χ2n) is 7.40.